The summed E-state index contributed by atoms with van der Waals surface area (Å²) >= 11 is 0. The number of amides is 2. The van der Waals surface area contributed by atoms with E-state index >= 15 is 0 Å². The van der Waals surface area contributed by atoms with Crippen LogP contribution in [0.4, 0.5) is 18.9 Å². The zero-order valence-corrected chi connectivity index (χ0v) is 16.6. The zero-order chi connectivity index (χ0) is 22.0. The number of H-pyrrole nitrogens is 1. The number of imidazole rings is 1. The third kappa shape index (κ3) is 4.87. The molecule has 0 aliphatic carbocycles. The lowest BCUT2D eigenvalue weighted by Gasteiger charge is -2.31. The lowest BCUT2D eigenvalue weighted by atomic mass is 9.90. The molecule has 1 saturated heterocycles. The fourth-order valence-corrected chi connectivity index (χ4v) is 3.83. The molecule has 9 heteroatoms. The number of anilines is 1. The molecule has 0 bridgehead atoms. The first-order valence-electron chi connectivity index (χ1n) is 10.0. The second kappa shape index (κ2) is 8.41. The number of piperidine rings is 1. The summed E-state index contributed by atoms with van der Waals surface area (Å²) in [5.41, 5.74) is 1.72. The fraction of sp³-hybridized carbons (Fsp3) is 0.318. The predicted molar refractivity (Wildman–Crippen MR) is 109 cm³/mol. The molecule has 0 saturated carbocycles. The van der Waals surface area contributed by atoms with Crippen LogP contribution in [-0.2, 0) is 22.2 Å². The Kier molecular flexibility index (Phi) is 5.67. The van der Waals surface area contributed by atoms with Crippen molar-refractivity contribution >= 4 is 28.5 Å². The lowest BCUT2D eigenvalue weighted by molar-refractivity contribution is -0.144. The number of hydrogen-bond acceptors (Lipinski definition) is 3. The number of hydrogen-bond donors (Lipinski definition) is 2. The summed E-state index contributed by atoms with van der Waals surface area (Å²) in [7, 11) is 0. The van der Waals surface area contributed by atoms with Crippen LogP contribution in [-0.4, -0.2) is 39.8 Å². The van der Waals surface area contributed by atoms with E-state index in [2.05, 4.69) is 27.4 Å². The van der Waals surface area contributed by atoms with Crippen LogP contribution in [0.1, 0.15) is 24.2 Å². The first kappa shape index (κ1) is 20.9. The number of rotatable bonds is 3. The van der Waals surface area contributed by atoms with E-state index in [-0.39, 0.29) is 16.7 Å². The monoisotopic (exact) mass is 430 g/mol. The quantitative estimate of drug-likeness (QED) is 0.617. The van der Waals surface area contributed by atoms with Gasteiger partial charge < -0.3 is 15.2 Å². The fourth-order valence-electron chi connectivity index (χ4n) is 3.83. The van der Waals surface area contributed by atoms with Crippen LogP contribution >= 0.6 is 0 Å². The molecule has 3 aromatic rings. The number of fused-ring (bicyclic) bond motifs is 1. The van der Waals surface area contributed by atoms with E-state index in [1.807, 2.05) is 18.2 Å². The number of likely N-dealkylation sites (tertiary alicyclic amines) is 1. The molecule has 6 nitrogen and oxygen atoms in total. The topological polar surface area (TPSA) is 78.1 Å². The van der Waals surface area contributed by atoms with Crippen molar-refractivity contribution in [1.29, 1.82) is 0 Å². The van der Waals surface area contributed by atoms with Crippen molar-refractivity contribution in [2.75, 3.05) is 18.4 Å². The number of nitrogens with zero attached hydrogens (tertiary/aromatic N) is 2. The van der Waals surface area contributed by atoms with Crippen LogP contribution in [0.3, 0.4) is 0 Å². The van der Waals surface area contributed by atoms with Crippen molar-refractivity contribution in [2.45, 2.75) is 25.4 Å². The number of aromatic amines is 1. The summed E-state index contributed by atoms with van der Waals surface area (Å²) in [5.74, 6) is -2.11. The molecule has 2 heterocycles. The molecule has 4 rings (SSSR count). The van der Waals surface area contributed by atoms with Crippen LogP contribution in [0.15, 0.2) is 48.5 Å². The number of aromatic nitrogens is 2. The summed E-state index contributed by atoms with van der Waals surface area (Å²) in [6.45, 7) is 0.994. The average Bonchev–Trinajstić information content (AvgIpc) is 3.19. The second-order valence-electron chi connectivity index (χ2n) is 7.69. The maximum absolute atomic E-state index is 12.8. The first-order valence-corrected chi connectivity index (χ1v) is 10.0. The highest BCUT2D eigenvalue weighted by atomic mass is 19.4. The van der Waals surface area contributed by atoms with Crippen LogP contribution in [0.25, 0.3) is 11.0 Å². The number of nitrogens with one attached hydrogen (secondary N) is 2. The smallest absolute Gasteiger partial charge is 0.334 e. The van der Waals surface area contributed by atoms with E-state index in [0.717, 1.165) is 19.3 Å². The Bertz CT molecular complexity index is 1090. The van der Waals surface area contributed by atoms with E-state index in [9.17, 15) is 22.8 Å². The normalized spacial score (nSPS) is 15.3. The van der Waals surface area contributed by atoms with Crippen molar-refractivity contribution < 1.29 is 22.8 Å². The van der Waals surface area contributed by atoms with Gasteiger partial charge in [0.2, 0.25) is 5.82 Å². The third-order valence-corrected chi connectivity index (χ3v) is 5.47. The molecule has 2 N–H and O–H groups in total. The SMILES string of the molecule is O=C(Nc1ccc2[nH]c(C(F)(F)F)nc2c1)C(=O)N1CCC(Cc2ccccc2)CC1. The van der Waals surface area contributed by atoms with Crippen molar-refractivity contribution in [3.8, 4) is 0 Å². The maximum atomic E-state index is 12.8. The van der Waals surface area contributed by atoms with Gasteiger partial charge in [-0.2, -0.15) is 13.2 Å². The number of benzene rings is 2. The highest BCUT2D eigenvalue weighted by Gasteiger charge is 2.34. The molecule has 1 aliphatic rings. The van der Waals surface area contributed by atoms with Gasteiger partial charge in [-0.3, -0.25) is 9.59 Å². The van der Waals surface area contributed by atoms with E-state index in [1.165, 1.54) is 28.7 Å². The van der Waals surface area contributed by atoms with Crippen molar-refractivity contribution in [1.82, 2.24) is 14.9 Å². The highest BCUT2D eigenvalue weighted by Crippen LogP contribution is 2.29. The van der Waals surface area contributed by atoms with Crippen LogP contribution in [0.5, 0.6) is 0 Å². The van der Waals surface area contributed by atoms with Crippen LogP contribution in [0, 0.1) is 5.92 Å². The van der Waals surface area contributed by atoms with Gasteiger partial charge in [-0.1, -0.05) is 30.3 Å². The average molecular weight is 430 g/mol. The van der Waals surface area contributed by atoms with Crippen molar-refractivity contribution in [3.05, 3.63) is 59.9 Å². The standard InChI is InChI=1S/C22H21F3N4O2/c23-22(24,25)21-27-17-7-6-16(13-18(17)28-21)26-19(30)20(31)29-10-8-15(9-11-29)12-14-4-2-1-3-5-14/h1-7,13,15H,8-12H2,(H,26,30)(H,27,28). The lowest BCUT2D eigenvalue weighted by Crippen LogP contribution is -2.44. The minimum atomic E-state index is -4.59. The Morgan fingerprint density at radius 2 is 1.81 bits per heavy atom. The van der Waals surface area contributed by atoms with Crippen LogP contribution in [0.2, 0.25) is 0 Å². The van der Waals surface area contributed by atoms with E-state index in [0.29, 0.717) is 19.0 Å². The van der Waals surface area contributed by atoms with Gasteiger partial charge >= 0.3 is 18.0 Å². The minimum Gasteiger partial charge on any atom is -0.334 e. The molecule has 31 heavy (non-hydrogen) atoms. The largest absolute Gasteiger partial charge is 0.449 e. The zero-order valence-electron chi connectivity index (χ0n) is 16.6. The summed E-state index contributed by atoms with van der Waals surface area (Å²) < 4.78 is 38.4. The highest BCUT2D eigenvalue weighted by molar-refractivity contribution is 6.39. The molecule has 0 unspecified atom stereocenters. The van der Waals surface area contributed by atoms with E-state index in [1.54, 1.807) is 0 Å². The van der Waals surface area contributed by atoms with Gasteiger partial charge in [0.1, 0.15) is 0 Å². The maximum Gasteiger partial charge on any atom is 0.449 e. The van der Waals surface area contributed by atoms with E-state index < -0.39 is 23.8 Å². The molecule has 1 aromatic heterocycles. The van der Waals surface area contributed by atoms with Gasteiger partial charge in [0, 0.05) is 18.8 Å². The van der Waals surface area contributed by atoms with Gasteiger partial charge in [-0.25, -0.2) is 4.98 Å². The number of alkyl halides is 3. The molecule has 1 fully saturated rings. The molecular formula is C22H21F3N4O2. The first-order chi connectivity index (χ1) is 14.8. The molecular weight excluding hydrogens is 409 g/mol. The molecule has 2 aromatic carbocycles. The molecule has 2 amide bonds. The van der Waals surface area contributed by atoms with Crippen LogP contribution < -0.4 is 5.32 Å². The van der Waals surface area contributed by atoms with Crippen molar-refractivity contribution in [2.24, 2.45) is 5.92 Å². The predicted octanol–water partition coefficient (Wildman–Crippen LogP) is 4.00. The number of carbonyl (C=O) groups is 2. The molecule has 0 radical (unpaired) electrons. The Balaban J connectivity index is 1.34. The Morgan fingerprint density at radius 3 is 2.48 bits per heavy atom. The molecule has 0 spiro atoms. The van der Waals surface area contributed by atoms with E-state index in [4.69, 9.17) is 0 Å². The summed E-state index contributed by atoms with van der Waals surface area (Å²) in [6, 6.07) is 14.3. The van der Waals surface area contributed by atoms with Gasteiger partial charge in [-0.15, -0.1) is 0 Å². The van der Waals surface area contributed by atoms with Gasteiger partial charge in [0.05, 0.1) is 11.0 Å². The second-order valence-corrected chi connectivity index (χ2v) is 7.69. The Morgan fingerprint density at radius 1 is 1.10 bits per heavy atom. The van der Waals surface area contributed by atoms with Gasteiger partial charge in [0.15, 0.2) is 0 Å². The van der Waals surface area contributed by atoms with Gasteiger partial charge in [0.25, 0.3) is 0 Å². The Labute approximate surface area is 176 Å². The van der Waals surface area contributed by atoms with Crippen molar-refractivity contribution in [3.63, 3.8) is 0 Å². The molecule has 0 atom stereocenters. The minimum absolute atomic E-state index is 0.0549. The third-order valence-electron chi connectivity index (χ3n) is 5.47. The van der Waals surface area contributed by atoms with Gasteiger partial charge in [-0.05, 0) is 48.9 Å². The molecule has 162 valence electrons. The summed E-state index contributed by atoms with van der Waals surface area (Å²) in [4.78, 5) is 32.1. The molecule has 1 aliphatic heterocycles. The number of halogens is 3. The number of carbonyl (C=O) groups excluding carboxylic acids is 2. The summed E-state index contributed by atoms with van der Waals surface area (Å²) in [6.07, 6.45) is -2.02. The summed E-state index contributed by atoms with van der Waals surface area (Å²) in [5, 5.41) is 2.46. The Hall–Kier alpha value is -3.36.